The van der Waals surface area contributed by atoms with Gasteiger partial charge in [0.15, 0.2) is 0 Å². The van der Waals surface area contributed by atoms with E-state index in [1.165, 1.54) is 7.05 Å². The number of carbonyl (C=O) groups is 1. The van der Waals surface area contributed by atoms with Gasteiger partial charge in [-0.2, -0.15) is 0 Å². The van der Waals surface area contributed by atoms with Crippen molar-refractivity contribution in [1.82, 2.24) is 4.90 Å². The maximum absolute atomic E-state index is 10.3. The minimum absolute atomic E-state index is 0. The molecule has 0 rings (SSSR count). The maximum Gasteiger partial charge on any atom is 1.00 e. The average Bonchev–Trinajstić information content (AvgIpc) is 1.81. The van der Waals surface area contributed by atoms with Crippen LogP contribution in [0.25, 0.3) is 0 Å². The van der Waals surface area contributed by atoms with E-state index in [1.54, 1.807) is 0 Å². The van der Waals surface area contributed by atoms with E-state index in [2.05, 4.69) is 4.76 Å². The molecule has 7 N–H and O–H groups in total. The standard InChI is InChI=1S/C4H10N3O5P.2Na.H2O.2H/c1-7(2-3(8)9)4(5)6-13(10,11)12;;;;;/h2H2,1H3,(H,8,9)(H4,5,6,10,11,12);;;1H2;;/q;2*+1;;2*-1. The molecule has 0 aliphatic heterocycles. The van der Waals surface area contributed by atoms with Crippen molar-refractivity contribution in [3.05, 3.63) is 0 Å². The fourth-order valence-electron chi connectivity index (χ4n) is 0.494. The minimum Gasteiger partial charge on any atom is -1.00 e. The Morgan fingerprint density at radius 1 is 1.50 bits per heavy atom. The van der Waals surface area contributed by atoms with Gasteiger partial charge in [0.05, 0.1) is 0 Å². The summed E-state index contributed by atoms with van der Waals surface area (Å²) in [4.78, 5) is 27.7. The Labute approximate surface area is 139 Å². The maximum atomic E-state index is 10.3. The zero-order valence-electron chi connectivity index (χ0n) is 11.3. The minimum atomic E-state index is -4.59. The fourth-order valence-corrected chi connectivity index (χ4v) is 0.913. The third-order valence-electron chi connectivity index (χ3n) is 0.996. The van der Waals surface area contributed by atoms with Crippen LogP contribution in [0.4, 0.5) is 0 Å². The van der Waals surface area contributed by atoms with Crippen LogP contribution in [0.5, 0.6) is 0 Å². The molecule has 0 aliphatic carbocycles. The van der Waals surface area contributed by atoms with Crippen LogP contribution in [0.2, 0.25) is 0 Å². The summed E-state index contributed by atoms with van der Waals surface area (Å²) >= 11 is 0. The van der Waals surface area contributed by atoms with Gasteiger partial charge in [-0.25, -0.2) is 4.57 Å². The van der Waals surface area contributed by atoms with Gasteiger partial charge < -0.3 is 33.9 Å². The molecule has 0 spiro atoms. The number of nitrogens with zero attached hydrogens (tertiary/aromatic N) is 2. The van der Waals surface area contributed by atoms with Crippen molar-refractivity contribution in [3.8, 4) is 0 Å². The molecule has 0 bridgehead atoms. The first-order valence-electron chi connectivity index (χ1n) is 3.06. The van der Waals surface area contributed by atoms with Crippen LogP contribution >= 0.6 is 7.75 Å². The SMILES string of the molecule is CN(CC(=O)O)C(N)=NP(=O)(O)O.O.[H-].[H-].[Na+].[Na+]. The van der Waals surface area contributed by atoms with Crippen molar-refractivity contribution in [1.29, 1.82) is 0 Å². The first kappa shape index (κ1) is 25.6. The fraction of sp³-hybridized carbons (Fsp3) is 0.500. The van der Waals surface area contributed by atoms with Gasteiger partial charge in [-0.3, -0.25) is 4.79 Å². The Balaban J connectivity index is -0.0000000720. The molecule has 9 nitrogen and oxygen atoms in total. The number of carboxylic acids is 1. The molecule has 0 aromatic heterocycles. The molecule has 0 fully saturated rings. The molecule has 0 radical (unpaired) electrons. The van der Waals surface area contributed by atoms with Crippen LogP contribution in [0.1, 0.15) is 2.85 Å². The molecule has 0 aromatic rings. The second kappa shape index (κ2) is 11.0. The van der Waals surface area contributed by atoms with Gasteiger partial charge in [0.2, 0.25) is 5.96 Å². The summed E-state index contributed by atoms with van der Waals surface area (Å²) in [5, 5.41) is 8.28. The van der Waals surface area contributed by atoms with Crippen molar-refractivity contribution in [3.63, 3.8) is 0 Å². The van der Waals surface area contributed by atoms with Crippen LogP contribution in [0.3, 0.4) is 0 Å². The van der Waals surface area contributed by atoms with E-state index < -0.39 is 26.2 Å². The molecule has 0 amide bonds. The molecule has 0 heterocycles. The Hall–Kier alpha value is 0.850. The normalized spacial score (nSPS) is 10.3. The third kappa shape index (κ3) is 14.9. The van der Waals surface area contributed by atoms with Crippen LogP contribution in [0, 0.1) is 0 Å². The van der Waals surface area contributed by atoms with Crippen LogP contribution in [-0.4, -0.2) is 50.8 Å². The molecular formula is C4H14N3Na2O6P. The first-order chi connectivity index (χ1) is 5.72. The number of rotatable bonds is 3. The largest absolute Gasteiger partial charge is 1.00 e. The summed E-state index contributed by atoms with van der Waals surface area (Å²) in [6.45, 7) is -0.477. The van der Waals surface area contributed by atoms with Gasteiger partial charge in [0.25, 0.3) is 0 Å². The molecule has 0 unspecified atom stereocenters. The van der Waals surface area contributed by atoms with E-state index in [-0.39, 0.29) is 67.4 Å². The molecule has 0 saturated carbocycles. The van der Waals surface area contributed by atoms with E-state index in [0.29, 0.717) is 0 Å². The van der Waals surface area contributed by atoms with Crippen molar-refractivity contribution < 1.29 is 91.7 Å². The van der Waals surface area contributed by atoms with Crippen molar-refractivity contribution in [2.45, 2.75) is 0 Å². The molecule has 0 aliphatic rings. The molecule has 12 heteroatoms. The Kier molecular flexibility index (Phi) is 17.6. The zero-order chi connectivity index (χ0) is 10.6. The number of hydrogen-bond donors (Lipinski definition) is 4. The summed E-state index contributed by atoms with van der Waals surface area (Å²) < 4.78 is 13.1. The first-order valence-corrected chi connectivity index (χ1v) is 4.63. The summed E-state index contributed by atoms with van der Waals surface area (Å²) in [6, 6.07) is 0. The Morgan fingerprint density at radius 2 is 1.88 bits per heavy atom. The smallest absolute Gasteiger partial charge is 1.00 e. The Morgan fingerprint density at radius 3 is 2.12 bits per heavy atom. The van der Waals surface area contributed by atoms with Gasteiger partial charge in [-0.05, 0) is 0 Å². The quantitative estimate of drug-likeness (QED) is 0.172. The average molecular weight is 277 g/mol. The number of nitrogens with two attached hydrogens (primary N) is 1. The molecule has 0 atom stereocenters. The zero-order valence-corrected chi connectivity index (χ0v) is 14.2. The van der Waals surface area contributed by atoms with Crippen LogP contribution in [-0.2, 0) is 9.36 Å². The predicted molar refractivity (Wildman–Crippen MR) is 49.8 cm³/mol. The second-order valence-corrected chi connectivity index (χ2v) is 3.45. The molecule has 0 aromatic carbocycles. The molecule has 16 heavy (non-hydrogen) atoms. The number of aliphatic carboxylic acids is 1. The van der Waals surface area contributed by atoms with Crippen molar-refractivity contribution >= 4 is 19.7 Å². The molecular weight excluding hydrogens is 263 g/mol. The third-order valence-corrected chi connectivity index (χ3v) is 1.46. The van der Waals surface area contributed by atoms with E-state index >= 15 is 0 Å². The summed E-state index contributed by atoms with van der Waals surface area (Å²) in [7, 11) is -3.34. The second-order valence-electron chi connectivity index (χ2n) is 2.22. The van der Waals surface area contributed by atoms with E-state index in [4.69, 9.17) is 20.6 Å². The van der Waals surface area contributed by atoms with Crippen molar-refractivity contribution in [2.24, 2.45) is 10.5 Å². The summed E-state index contributed by atoms with van der Waals surface area (Å²) in [5.41, 5.74) is 5.07. The van der Waals surface area contributed by atoms with Gasteiger partial charge in [0, 0.05) is 7.05 Å². The summed E-state index contributed by atoms with van der Waals surface area (Å²) in [5.74, 6) is -1.69. The van der Waals surface area contributed by atoms with Gasteiger partial charge in [-0.15, -0.1) is 4.76 Å². The number of guanidine groups is 1. The van der Waals surface area contributed by atoms with Gasteiger partial charge in [0.1, 0.15) is 6.54 Å². The number of carboxylic acid groups (broad SMARTS) is 1. The topological polar surface area (TPSA) is 168 Å². The Bertz CT molecular complexity index is 290. The monoisotopic (exact) mass is 277 g/mol. The van der Waals surface area contributed by atoms with Crippen LogP contribution in [0.15, 0.2) is 4.76 Å². The molecule has 0 saturated heterocycles. The van der Waals surface area contributed by atoms with Crippen molar-refractivity contribution in [2.75, 3.05) is 13.6 Å². The van der Waals surface area contributed by atoms with Gasteiger partial charge >= 0.3 is 72.8 Å². The van der Waals surface area contributed by atoms with E-state index in [1.807, 2.05) is 0 Å². The molecule has 88 valence electrons. The number of likely N-dealkylation sites (N-methyl/N-ethyl adjacent to an activating group) is 1. The van der Waals surface area contributed by atoms with Crippen LogP contribution < -0.4 is 64.8 Å². The van der Waals surface area contributed by atoms with E-state index in [9.17, 15) is 9.36 Å². The number of hydrogen-bond acceptors (Lipinski definition) is 2. The predicted octanol–water partition coefficient (Wildman–Crippen LogP) is -8.18. The summed E-state index contributed by atoms with van der Waals surface area (Å²) in [6.07, 6.45) is 0. The van der Waals surface area contributed by atoms with Gasteiger partial charge in [-0.1, -0.05) is 0 Å². The van der Waals surface area contributed by atoms with E-state index in [0.717, 1.165) is 4.90 Å².